The Hall–Kier alpha value is -2.75. The number of nitrogens with zero attached hydrogens (tertiary/aromatic N) is 1. The molecule has 0 amide bonds. The van der Waals surface area contributed by atoms with Crippen LogP contribution in [0, 0.1) is 13.0 Å². The maximum absolute atomic E-state index is 10.0. The van der Waals surface area contributed by atoms with Gasteiger partial charge in [-0.05, 0) is 55.1 Å². The van der Waals surface area contributed by atoms with Gasteiger partial charge in [-0.2, -0.15) is 0 Å². The number of benzene rings is 2. The molecule has 167 valence electrons. The fraction of sp³-hybridized carbons (Fsp3) is 0.259. The van der Waals surface area contributed by atoms with Crippen molar-refractivity contribution in [2.75, 3.05) is 0 Å². The molecule has 1 aliphatic carbocycles. The topological polar surface area (TPSA) is 63.3 Å². The van der Waals surface area contributed by atoms with Crippen LogP contribution in [0.5, 0.6) is 0 Å². The first-order chi connectivity index (χ1) is 14.9. The number of ketones is 1. The minimum absolute atomic E-state index is 0. The van der Waals surface area contributed by atoms with Crippen LogP contribution in [0.2, 0.25) is 0 Å². The normalized spacial score (nSPS) is 13.2. The molecule has 5 rings (SSSR count). The molecule has 0 saturated heterocycles. The van der Waals surface area contributed by atoms with E-state index >= 15 is 0 Å². The minimum atomic E-state index is -0.125. The first-order valence-corrected chi connectivity index (χ1v) is 10.6. The van der Waals surface area contributed by atoms with Crippen molar-refractivity contribution in [2.45, 2.75) is 46.5 Å². The summed E-state index contributed by atoms with van der Waals surface area (Å²) in [4.78, 5) is 14.7. The van der Waals surface area contributed by atoms with Gasteiger partial charge in [0.05, 0.1) is 17.1 Å². The molecule has 0 aliphatic heterocycles. The summed E-state index contributed by atoms with van der Waals surface area (Å²) in [6.07, 6.45) is 7.75. The number of hydrogen-bond donors (Lipinski definition) is 1. The zero-order chi connectivity index (χ0) is 22.0. The number of rotatable bonds is 2. The predicted molar refractivity (Wildman–Crippen MR) is 124 cm³/mol. The smallest absolute Gasteiger partial charge is 0.155 e. The minimum Gasteiger partial charge on any atom is -0.512 e. The van der Waals surface area contributed by atoms with E-state index in [2.05, 4.69) is 48.3 Å². The Morgan fingerprint density at radius 1 is 1.16 bits per heavy atom. The molecule has 4 nitrogen and oxygen atoms in total. The molecule has 1 N–H and O–H groups in total. The Kier molecular flexibility index (Phi) is 7.65. The van der Waals surface area contributed by atoms with Gasteiger partial charge < -0.3 is 14.5 Å². The monoisotopic (exact) mass is 605 g/mol. The molecule has 0 unspecified atom stereocenters. The number of aryl methyl sites for hydroxylation is 3. The molecular formula is C27H26IrNO3-. The van der Waals surface area contributed by atoms with Crippen LogP contribution in [0.1, 0.15) is 43.6 Å². The van der Waals surface area contributed by atoms with E-state index in [9.17, 15) is 4.79 Å². The van der Waals surface area contributed by atoms with Gasteiger partial charge in [-0.1, -0.05) is 48.2 Å². The first kappa shape index (κ1) is 23.9. The summed E-state index contributed by atoms with van der Waals surface area (Å²) in [5, 5.41) is 12.0. The van der Waals surface area contributed by atoms with E-state index in [1.165, 1.54) is 60.4 Å². The van der Waals surface area contributed by atoms with Crippen molar-refractivity contribution in [3.8, 4) is 11.3 Å². The molecule has 0 atom stereocenters. The fourth-order valence-electron chi connectivity index (χ4n) is 4.18. The van der Waals surface area contributed by atoms with Crippen molar-refractivity contribution in [2.24, 2.45) is 0 Å². The van der Waals surface area contributed by atoms with Crippen molar-refractivity contribution in [1.29, 1.82) is 0 Å². The predicted octanol–water partition coefficient (Wildman–Crippen LogP) is 6.67. The van der Waals surface area contributed by atoms with Crippen LogP contribution in [0.15, 0.2) is 58.8 Å². The van der Waals surface area contributed by atoms with E-state index in [0.29, 0.717) is 0 Å². The van der Waals surface area contributed by atoms with E-state index in [1.807, 2.05) is 12.3 Å². The second kappa shape index (κ2) is 10.2. The molecule has 2 heterocycles. The van der Waals surface area contributed by atoms with Gasteiger partial charge >= 0.3 is 0 Å². The Morgan fingerprint density at radius 3 is 2.56 bits per heavy atom. The zero-order valence-electron chi connectivity index (χ0n) is 18.5. The van der Waals surface area contributed by atoms with Crippen LogP contribution >= 0.6 is 0 Å². The van der Waals surface area contributed by atoms with Crippen LogP contribution in [-0.2, 0) is 37.7 Å². The number of aliphatic hydroxyl groups excluding tert-OH is 1. The second-order valence-electron chi connectivity index (χ2n) is 8.07. The summed E-state index contributed by atoms with van der Waals surface area (Å²) in [5.74, 6) is 1.11. The van der Waals surface area contributed by atoms with E-state index in [0.717, 1.165) is 35.1 Å². The summed E-state index contributed by atoms with van der Waals surface area (Å²) in [6, 6.07) is 15.9. The quantitative estimate of drug-likeness (QED) is 0.158. The molecule has 1 aliphatic rings. The number of carbonyl (C=O) groups excluding carboxylic acids is 1. The fourth-order valence-corrected chi connectivity index (χ4v) is 4.18. The first-order valence-electron chi connectivity index (χ1n) is 10.6. The Labute approximate surface area is 201 Å². The summed E-state index contributed by atoms with van der Waals surface area (Å²) in [7, 11) is 0. The van der Waals surface area contributed by atoms with Gasteiger partial charge in [-0.15, -0.1) is 17.7 Å². The van der Waals surface area contributed by atoms with Gasteiger partial charge in [-0.3, -0.25) is 4.79 Å². The van der Waals surface area contributed by atoms with Crippen LogP contribution in [0.3, 0.4) is 0 Å². The maximum Gasteiger partial charge on any atom is 0.155 e. The van der Waals surface area contributed by atoms with E-state index in [4.69, 9.17) is 9.52 Å². The van der Waals surface area contributed by atoms with Crippen molar-refractivity contribution < 1.29 is 34.4 Å². The van der Waals surface area contributed by atoms with Gasteiger partial charge in [0.25, 0.3) is 0 Å². The number of furan rings is 1. The zero-order valence-corrected chi connectivity index (χ0v) is 20.9. The molecule has 0 fully saturated rings. The summed E-state index contributed by atoms with van der Waals surface area (Å²) in [6.45, 7) is 5.00. The second-order valence-corrected chi connectivity index (χ2v) is 8.07. The van der Waals surface area contributed by atoms with Gasteiger partial charge in [0.1, 0.15) is 0 Å². The number of fused-ring (bicyclic) bond motifs is 4. The number of allylic oxidation sites excluding steroid dienone is 2. The molecule has 5 heteroatoms. The van der Waals surface area contributed by atoms with E-state index < -0.39 is 0 Å². The molecule has 0 saturated carbocycles. The third kappa shape index (κ3) is 5.00. The molecule has 32 heavy (non-hydrogen) atoms. The number of pyridine rings is 1. The average molecular weight is 605 g/mol. The van der Waals surface area contributed by atoms with Gasteiger partial charge in [0.15, 0.2) is 5.78 Å². The molecule has 0 bridgehead atoms. The largest absolute Gasteiger partial charge is 0.512 e. The van der Waals surface area contributed by atoms with Crippen molar-refractivity contribution in [3.63, 3.8) is 0 Å². The molecule has 4 aromatic rings. The molecule has 2 aromatic heterocycles. The van der Waals surface area contributed by atoms with Gasteiger partial charge in [-0.25, -0.2) is 0 Å². The summed E-state index contributed by atoms with van der Waals surface area (Å²) < 4.78 is 6.30. The standard InChI is InChI=1S/C22H18NO.C5H8O2.Ir/c1-14-10-11-17(19-12-15-6-2-3-7-16(15)13-23-19)22-21(14)18-8-4-5-9-20(18)24-22;1-4(6)3-5(2)7;/h2-3,6-7,10,12-13H,4-5,8-9H2,1H3;3,6H,1-2H3;/q-1;;/b;4-3-;. The Bertz CT molecular complexity index is 1300. The van der Waals surface area contributed by atoms with E-state index in [1.54, 1.807) is 0 Å². The van der Waals surface area contributed by atoms with E-state index in [-0.39, 0.29) is 31.6 Å². The third-order valence-electron chi connectivity index (χ3n) is 5.52. The van der Waals surface area contributed by atoms with Crippen LogP contribution < -0.4 is 0 Å². The SMILES string of the molecule is CC(=O)/C=C(/C)O.Cc1c[c-]c(-c2cc3ccccc3cn2)c2oc3c(c12)CCCC3.[Ir]. The Morgan fingerprint density at radius 2 is 1.88 bits per heavy atom. The van der Waals surface area contributed by atoms with Gasteiger partial charge in [0, 0.05) is 38.8 Å². The number of aromatic nitrogens is 1. The van der Waals surface area contributed by atoms with Crippen molar-refractivity contribution in [1.82, 2.24) is 4.98 Å². The summed E-state index contributed by atoms with van der Waals surface area (Å²) in [5.41, 5.74) is 5.54. The molecule has 0 spiro atoms. The van der Waals surface area contributed by atoms with Crippen molar-refractivity contribution in [3.05, 3.63) is 77.4 Å². The number of carbonyl (C=O) groups is 1. The van der Waals surface area contributed by atoms with Crippen molar-refractivity contribution >= 4 is 27.5 Å². The molecular weight excluding hydrogens is 579 g/mol. The Balaban J connectivity index is 0.000000318. The summed E-state index contributed by atoms with van der Waals surface area (Å²) >= 11 is 0. The van der Waals surface area contributed by atoms with Crippen LogP contribution in [0.4, 0.5) is 0 Å². The number of hydrogen-bond acceptors (Lipinski definition) is 4. The van der Waals surface area contributed by atoms with Gasteiger partial charge in [0.2, 0.25) is 0 Å². The third-order valence-corrected chi connectivity index (χ3v) is 5.52. The van der Waals surface area contributed by atoms with Crippen LogP contribution in [-0.4, -0.2) is 15.9 Å². The molecule has 1 radical (unpaired) electrons. The maximum atomic E-state index is 10.0. The number of aliphatic hydroxyl groups is 1. The molecule has 2 aromatic carbocycles. The average Bonchev–Trinajstić information content (AvgIpc) is 3.13. The van der Waals surface area contributed by atoms with Crippen LogP contribution in [0.25, 0.3) is 33.0 Å².